The minimum absolute atomic E-state index is 0.226. The molecule has 0 bridgehead atoms. The molecule has 0 heterocycles. The standard InChI is InChI=1S/C12H36N4O18P6/c17-35(18,19)7-13(3-5-15(9-37(23,24)25)10-38(26,27)28)1-2-14(8-36(20,21)22)4-6-16(11-39(29,30)31)12-40(32,33)34/h1-12H2,(H2,17,18,19)(H2,20,21,22)(H2,23,24,25)(H2,26,27,28)(H2,29,30,31)(H2,32,33,34)/i7D2,8D2,9D2,10D2,11D2,12D2. The maximum Gasteiger partial charge on any atom is 0.339 e. The van der Waals surface area contributed by atoms with Gasteiger partial charge in [-0.15, -0.1) is 0 Å². The van der Waals surface area contributed by atoms with Crippen LogP contribution in [-0.4, -0.2) is 155 Å². The van der Waals surface area contributed by atoms with Gasteiger partial charge in [-0.3, -0.25) is 47.0 Å². The first-order valence-electron chi connectivity index (χ1n) is 15.6. The van der Waals surface area contributed by atoms with Crippen LogP contribution in [0.15, 0.2) is 0 Å². The van der Waals surface area contributed by atoms with Crippen molar-refractivity contribution in [2.24, 2.45) is 0 Å². The predicted molar refractivity (Wildman–Crippen MR) is 138 cm³/mol. The van der Waals surface area contributed by atoms with E-state index in [0.29, 0.717) is 0 Å². The fraction of sp³-hybridized carbons (Fsp3) is 1.00. The molecule has 0 aromatic carbocycles. The second-order valence-corrected chi connectivity index (χ2v) is 14.9. The minimum Gasteiger partial charge on any atom is -0.324 e. The smallest absolute Gasteiger partial charge is 0.324 e. The van der Waals surface area contributed by atoms with Crippen LogP contribution in [0, 0.1) is 0 Å². The summed E-state index contributed by atoms with van der Waals surface area (Å²) in [6, 6.07) is 0. The van der Waals surface area contributed by atoms with Gasteiger partial charge in [0.1, 0.15) is 37.4 Å². The maximum atomic E-state index is 12.1. The molecule has 0 radical (unpaired) electrons. The van der Waals surface area contributed by atoms with E-state index in [2.05, 4.69) is 0 Å². The molecule has 28 heteroatoms. The van der Waals surface area contributed by atoms with E-state index in [9.17, 15) is 86.1 Å². The average molecular weight is 722 g/mol. The molecule has 0 rings (SSSR count). The molecule has 0 aromatic heterocycles. The van der Waals surface area contributed by atoms with Gasteiger partial charge in [-0.1, -0.05) is 0 Å². The summed E-state index contributed by atoms with van der Waals surface area (Å²) in [6.45, 7) is -9.98. The lowest BCUT2D eigenvalue weighted by atomic mass is 10.4. The van der Waals surface area contributed by atoms with Gasteiger partial charge in [0.05, 0.1) is 16.4 Å². The second-order valence-electron chi connectivity index (χ2n) is 7.14. The van der Waals surface area contributed by atoms with Gasteiger partial charge >= 0.3 is 45.6 Å². The Morgan fingerprint density at radius 3 is 0.600 bits per heavy atom. The van der Waals surface area contributed by atoms with Crippen molar-refractivity contribution < 1.29 is 103 Å². The molecule has 0 atom stereocenters. The molecule has 0 aromatic rings. The van der Waals surface area contributed by atoms with Crippen LogP contribution in [0.5, 0.6) is 0 Å². The Morgan fingerprint density at radius 1 is 0.325 bits per heavy atom. The Kier molecular flexibility index (Phi) is 9.71. The second kappa shape index (κ2) is 16.2. The topological polar surface area (TPSA) is 358 Å². The van der Waals surface area contributed by atoms with Crippen molar-refractivity contribution in [2.75, 3.05) is 76.7 Å². The van der Waals surface area contributed by atoms with Crippen molar-refractivity contribution in [3.05, 3.63) is 0 Å². The molecule has 0 saturated heterocycles. The van der Waals surface area contributed by atoms with E-state index in [1.165, 1.54) is 0 Å². The summed E-state index contributed by atoms with van der Waals surface area (Å²) in [5, 5.41) is 0. The van der Waals surface area contributed by atoms with Crippen molar-refractivity contribution >= 4 is 45.6 Å². The van der Waals surface area contributed by atoms with E-state index in [-0.39, 0.29) is 9.80 Å². The van der Waals surface area contributed by atoms with E-state index in [0.717, 1.165) is 0 Å². The van der Waals surface area contributed by atoms with E-state index >= 15 is 0 Å². The zero-order valence-corrected chi connectivity index (χ0v) is 24.9. The fourth-order valence-electron chi connectivity index (χ4n) is 2.35. The molecule has 242 valence electrons. The Labute approximate surface area is 245 Å². The zero-order chi connectivity index (χ0) is 42.6. The monoisotopic (exact) mass is 722 g/mol. The normalized spacial score (nSPS) is 21.3. The molecular formula is C12H36N4O18P6. The summed E-state index contributed by atoms with van der Waals surface area (Å²) in [5.41, 5.74) is 0. The summed E-state index contributed by atoms with van der Waals surface area (Å²) in [7, 11) is -37.5. The summed E-state index contributed by atoms with van der Waals surface area (Å²) in [6.07, 6.45) is -25.7. The van der Waals surface area contributed by atoms with Crippen molar-refractivity contribution in [1.82, 2.24) is 19.6 Å². The highest BCUT2D eigenvalue weighted by molar-refractivity contribution is 7.53. The van der Waals surface area contributed by atoms with Gasteiger partial charge in [-0.25, -0.2) is 0 Å². The van der Waals surface area contributed by atoms with Gasteiger partial charge in [0.2, 0.25) is 0 Å². The Bertz CT molecular complexity index is 1390. The number of rotatable bonds is 21. The third-order valence-corrected chi connectivity index (χ3v) is 6.47. The van der Waals surface area contributed by atoms with E-state index < -0.39 is 132 Å². The number of hydrogen-bond acceptors (Lipinski definition) is 10. The van der Waals surface area contributed by atoms with E-state index in [1.807, 2.05) is 0 Å². The van der Waals surface area contributed by atoms with Crippen molar-refractivity contribution in [2.45, 2.75) is 0 Å². The SMILES string of the molecule is [2H]C([2H])(N(CCN(CCN(C([2H])([2H])P(=O)(O)O)C([2H])([2H])P(=O)(O)O)C([2H])([2H])P(=O)(O)O)CCN(C([2H])([2H])P(=O)(O)O)C([2H])([2H])P(=O)(O)O)P(=O)(O)O. The van der Waals surface area contributed by atoms with Crippen LogP contribution < -0.4 is 0 Å². The van der Waals surface area contributed by atoms with Gasteiger partial charge in [0, 0.05) is 39.3 Å². The quantitative estimate of drug-likeness (QED) is 0.0525. The summed E-state index contributed by atoms with van der Waals surface area (Å²) in [5.74, 6) is 0. The molecule has 0 aliphatic rings. The Balaban J connectivity index is 7.33. The van der Waals surface area contributed by atoms with E-state index in [1.54, 1.807) is 0 Å². The fourth-order valence-corrected chi connectivity index (χ4v) is 5.50. The van der Waals surface area contributed by atoms with Crippen molar-refractivity contribution in [1.29, 1.82) is 0 Å². The van der Waals surface area contributed by atoms with Gasteiger partial charge in [-0.05, 0) is 0 Å². The van der Waals surface area contributed by atoms with Crippen LogP contribution in [-0.2, 0) is 27.4 Å². The third-order valence-electron chi connectivity index (χ3n) is 3.37. The Hall–Kier alpha value is 0.740. The van der Waals surface area contributed by atoms with Gasteiger partial charge in [0.15, 0.2) is 0 Å². The summed E-state index contributed by atoms with van der Waals surface area (Å²) < 4.78 is 164. The third kappa shape index (κ3) is 26.4. The first-order chi connectivity index (χ1) is 22.2. The highest BCUT2D eigenvalue weighted by Gasteiger charge is 2.29. The van der Waals surface area contributed by atoms with Crippen LogP contribution in [0.2, 0.25) is 0 Å². The predicted octanol–water partition coefficient (Wildman–Crippen LogP) is -2.99. The molecule has 0 unspecified atom stereocenters. The van der Waals surface area contributed by atoms with Crippen molar-refractivity contribution in [3.63, 3.8) is 0 Å². The van der Waals surface area contributed by atoms with Crippen LogP contribution >= 0.6 is 45.6 Å². The lowest BCUT2D eigenvalue weighted by Gasteiger charge is -2.31. The van der Waals surface area contributed by atoms with Gasteiger partial charge in [0.25, 0.3) is 0 Å². The molecule has 0 aliphatic carbocycles. The highest BCUT2D eigenvalue weighted by Crippen LogP contribution is 2.42. The highest BCUT2D eigenvalue weighted by atomic mass is 31.2. The molecule has 40 heavy (non-hydrogen) atoms. The first-order valence-corrected chi connectivity index (χ1v) is 19.3. The lowest BCUT2D eigenvalue weighted by Crippen LogP contribution is -2.43. The Morgan fingerprint density at radius 2 is 0.450 bits per heavy atom. The van der Waals surface area contributed by atoms with E-state index in [4.69, 9.17) is 16.4 Å². The van der Waals surface area contributed by atoms with Crippen molar-refractivity contribution in [3.8, 4) is 0 Å². The molecule has 0 amide bonds. The molecule has 0 spiro atoms. The molecular weight excluding hydrogens is 674 g/mol. The number of hydrogen-bond donors (Lipinski definition) is 12. The zero-order valence-electron chi connectivity index (χ0n) is 31.5. The largest absolute Gasteiger partial charge is 0.339 e. The van der Waals surface area contributed by atoms with Gasteiger partial charge < -0.3 is 58.7 Å². The molecule has 12 N–H and O–H groups in total. The van der Waals surface area contributed by atoms with Gasteiger partial charge in [-0.2, -0.15) is 0 Å². The average Bonchev–Trinajstić information content (AvgIpc) is 2.84. The first kappa shape index (κ1) is 24.0. The molecule has 22 nitrogen and oxygen atoms in total. The minimum atomic E-state index is -6.28. The molecule has 0 fully saturated rings. The summed E-state index contributed by atoms with van der Waals surface area (Å²) in [4.78, 5) is 112. The number of nitrogens with zero attached hydrogens (tertiary/aromatic N) is 4. The molecule has 0 saturated carbocycles. The van der Waals surface area contributed by atoms with Crippen LogP contribution in [0.3, 0.4) is 0 Å². The van der Waals surface area contributed by atoms with Crippen LogP contribution in [0.1, 0.15) is 16.4 Å². The maximum absolute atomic E-state index is 12.1. The summed E-state index contributed by atoms with van der Waals surface area (Å²) >= 11 is 0. The van der Waals surface area contributed by atoms with Crippen LogP contribution in [0.4, 0.5) is 0 Å². The molecule has 0 aliphatic heterocycles. The lowest BCUT2D eigenvalue weighted by molar-refractivity contribution is 0.181. The van der Waals surface area contributed by atoms with Crippen LogP contribution in [0.25, 0.3) is 0 Å².